The minimum atomic E-state index is -0.467. The second kappa shape index (κ2) is 8.90. The summed E-state index contributed by atoms with van der Waals surface area (Å²) in [7, 11) is 0. The second-order valence-electron chi connectivity index (χ2n) is 6.18. The van der Waals surface area contributed by atoms with Crippen LogP contribution in [0.2, 0.25) is 0 Å². The lowest BCUT2D eigenvalue weighted by atomic mass is 9.88. The number of aliphatic hydroxyl groups is 2. The first kappa shape index (κ1) is 16.9. The van der Waals surface area contributed by atoms with E-state index in [0.29, 0.717) is 31.6 Å². The molecule has 1 aliphatic rings. The van der Waals surface area contributed by atoms with E-state index >= 15 is 0 Å². The van der Waals surface area contributed by atoms with Gasteiger partial charge in [-0.05, 0) is 39.0 Å². The first-order chi connectivity index (χ1) is 8.99. The molecule has 0 radical (unpaired) electrons. The maximum atomic E-state index is 9.90. The summed E-state index contributed by atoms with van der Waals surface area (Å²) in [5, 5.41) is 22.4. The number of nitrogens with one attached hydrogen (secondary N) is 1. The van der Waals surface area contributed by atoms with Crippen molar-refractivity contribution in [1.29, 1.82) is 0 Å². The van der Waals surface area contributed by atoms with Gasteiger partial charge in [-0.3, -0.25) is 0 Å². The fraction of sp³-hybridized carbons (Fsp3) is 1.00. The number of ether oxygens (including phenoxy) is 1. The van der Waals surface area contributed by atoms with Gasteiger partial charge in [0.05, 0.1) is 24.9 Å². The third kappa shape index (κ3) is 7.25. The van der Waals surface area contributed by atoms with Crippen LogP contribution in [0.3, 0.4) is 0 Å². The molecule has 1 aliphatic carbocycles. The van der Waals surface area contributed by atoms with Crippen molar-refractivity contribution in [1.82, 2.24) is 5.32 Å². The third-order valence-corrected chi connectivity index (χ3v) is 3.93. The minimum absolute atomic E-state index is 0.211. The molecule has 0 saturated heterocycles. The molecule has 0 heterocycles. The third-order valence-electron chi connectivity index (χ3n) is 3.93. The van der Waals surface area contributed by atoms with E-state index in [9.17, 15) is 10.2 Å². The average molecular weight is 273 g/mol. The van der Waals surface area contributed by atoms with E-state index in [4.69, 9.17) is 4.74 Å². The van der Waals surface area contributed by atoms with Crippen LogP contribution >= 0.6 is 0 Å². The van der Waals surface area contributed by atoms with Gasteiger partial charge < -0.3 is 20.3 Å². The molecule has 114 valence electrons. The number of aliphatic hydroxyl groups excluding tert-OH is 2. The van der Waals surface area contributed by atoms with Crippen molar-refractivity contribution in [2.75, 3.05) is 13.2 Å². The molecular weight excluding hydrogens is 242 g/mol. The topological polar surface area (TPSA) is 61.7 Å². The molecule has 1 saturated carbocycles. The second-order valence-corrected chi connectivity index (χ2v) is 6.18. The van der Waals surface area contributed by atoms with Gasteiger partial charge in [0.1, 0.15) is 0 Å². The minimum Gasteiger partial charge on any atom is -0.393 e. The van der Waals surface area contributed by atoms with Crippen LogP contribution in [0, 0.1) is 5.92 Å². The normalized spacial score (nSPS) is 28.9. The van der Waals surface area contributed by atoms with Gasteiger partial charge in [0.25, 0.3) is 0 Å². The van der Waals surface area contributed by atoms with Crippen LogP contribution in [0.4, 0.5) is 0 Å². The van der Waals surface area contributed by atoms with Crippen molar-refractivity contribution in [3.63, 3.8) is 0 Å². The highest BCUT2D eigenvalue weighted by molar-refractivity contribution is 4.74. The van der Waals surface area contributed by atoms with Crippen molar-refractivity contribution in [2.45, 2.75) is 77.2 Å². The molecule has 0 aromatic carbocycles. The zero-order valence-corrected chi connectivity index (χ0v) is 12.6. The summed E-state index contributed by atoms with van der Waals surface area (Å²) in [6.07, 6.45) is 5.16. The van der Waals surface area contributed by atoms with Gasteiger partial charge in [0.15, 0.2) is 0 Å². The molecule has 0 amide bonds. The Morgan fingerprint density at radius 3 is 2.53 bits per heavy atom. The number of hydrogen-bond donors (Lipinski definition) is 3. The lowest BCUT2D eigenvalue weighted by molar-refractivity contribution is -0.0457. The maximum absolute atomic E-state index is 9.90. The monoisotopic (exact) mass is 273 g/mol. The summed E-state index contributed by atoms with van der Waals surface area (Å²) >= 11 is 0. The van der Waals surface area contributed by atoms with Crippen molar-refractivity contribution >= 4 is 0 Å². The Morgan fingerprint density at radius 1 is 1.21 bits per heavy atom. The van der Waals surface area contributed by atoms with Crippen LogP contribution in [0.5, 0.6) is 0 Å². The molecule has 1 rings (SSSR count). The summed E-state index contributed by atoms with van der Waals surface area (Å²) in [5.74, 6) is 0.614. The molecule has 5 unspecified atom stereocenters. The molecule has 0 aliphatic heterocycles. The van der Waals surface area contributed by atoms with Crippen molar-refractivity contribution in [3.05, 3.63) is 0 Å². The van der Waals surface area contributed by atoms with E-state index in [1.165, 1.54) is 19.3 Å². The lowest BCUT2D eigenvalue weighted by Crippen LogP contribution is -2.38. The molecule has 4 heteroatoms. The SMILES string of the molecule is CC(O)CC(C)NCC(O)COC1CCCCC1C. The van der Waals surface area contributed by atoms with E-state index in [-0.39, 0.29) is 12.1 Å². The van der Waals surface area contributed by atoms with Crippen molar-refractivity contribution in [3.8, 4) is 0 Å². The van der Waals surface area contributed by atoms with Gasteiger partial charge in [-0.1, -0.05) is 19.8 Å². The highest BCUT2D eigenvalue weighted by atomic mass is 16.5. The largest absolute Gasteiger partial charge is 0.393 e. The van der Waals surface area contributed by atoms with Gasteiger partial charge in [-0.2, -0.15) is 0 Å². The Hall–Kier alpha value is -0.160. The van der Waals surface area contributed by atoms with Gasteiger partial charge in [0, 0.05) is 12.6 Å². The Labute approximate surface area is 117 Å². The van der Waals surface area contributed by atoms with Crippen LogP contribution in [0.1, 0.15) is 52.9 Å². The highest BCUT2D eigenvalue weighted by Gasteiger charge is 2.22. The molecule has 0 spiro atoms. The van der Waals surface area contributed by atoms with Crippen LogP contribution < -0.4 is 5.32 Å². The first-order valence-electron chi connectivity index (χ1n) is 7.70. The zero-order valence-electron chi connectivity index (χ0n) is 12.6. The van der Waals surface area contributed by atoms with Crippen LogP contribution in [0.15, 0.2) is 0 Å². The molecule has 4 nitrogen and oxygen atoms in total. The number of rotatable bonds is 8. The molecule has 1 fully saturated rings. The Morgan fingerprint density at radius 2 is 1.89 bits per heavy atom. The molecule has 0 aromatic heterocycles. The fourth-order valence-corrected chi connectivity index (χ4v) is 2.76. The summed E-state index contributed by atoms with van der Waals surface area (Å²) in [6, 6.07) is 0.211. The lowest BCUT2D eigenvalue weighted by Gasteiger charge is -2.29. The van der Waals surface area contributed by atoms with Gasteiger partial charge in [-0.25, -0.2) is 0 Å². The number of hydrogen-bond acceptors (Lipinski definition) is 4. The van der Waals surface area contributed by atoms with Crippen LogP contribution in [-0.4, -0.2) is 47.7 Å². The van der Waals surface area contributed by atoms with Crippen LogP contribution in [-0.2, 0) is 4.74 Å². The summed E-state index contributed by atoms with van der Waals surface area (Å²) in [4.78, 5) is 0. The van der Waals surface area contributed by atoms with Crippen molar-refractivity contribution in [2.24, 2.45) is 5.92 Å². The quantitative estimate of drug-likeness (QED) is 0.630. The predicted octanol–water partition coefficient (Wildman–Crippen LogP) is 1.69. The van der Waals surface area contributed by atoms with Gasteiger partial charge in [-0.15, -0.1) is 0 Å². The molecule has 5 atom stereocenters. The average Bonchev–Trinajstić information content (AvgIpc) is 2.34. The van der Waals surface area contributed by atoms with Gasteiger partial charge in [0.2, 0.25) is 0 Å². The molecule has 3 N–H and O–H groups in total. The molecule has 19 heavy (non-hydrogen) atoms. The molecular formula is C15H31NO3. The summed E-state index contributed by atoms with van der Waals surface area (Å²) < 4.78 is 5.83. The maximum Gasteiger partial charge on any atom is 0.0897 e. The van der Waals surface area contributed by atoms with E-state index in [2.05, 4.69) is 12.2 Å². The van der Waals surface area contributed by atoms with E-state index in [1.54, 1.807) is 6.92 Å². The Bertz CT molecular complexity index is 235. The standard InChI is InChI=1S/C15H31NO3/c1-11-6-4-5-7-15(11)19-10-14(18)9-16-12(2)8-13(3)17/h11-18H,4-10H2,1-3H3. The van der Waals surface area contributed by atoms with E-state index < -0.39 is 6.10 Å². The smallest absolute Gasteiger partial charge is 0.0897 e. The summed E-state index contributed by atoms with van der Waals surface area (Å²) in [5.41, 5.74) is 0. The van der Waals surface area contributed by atoms with E-state index in [0.717, 1.165) is 6.42 Å². The molecule has 0 aromatic rings. The van der Waals surface area contributed by atoms with E-state index in [1.807, 2.05) is 6.92 Å². The Kier molecular flexibility index (Phi) is 7.91. The van der Waals surface area contributed by atoms with Crippen LogP contribution in [0.25, 0.3) is 0 Å². The fourth-order valence-electron chi connectivity index (χ4n) is 2.76. The zero-order chi connectivity index (χ0) is 14.3. The summed E-state index contributed by atoms with van der Waals surface area (Å²) in [6.45, 7) is 6.96. The van der Waals surface area contributed by atoms with Crippen molar-refractivity contribution < 1.29 is 14.9 Å². The molecule has 0 bridgehead atoms. The highest BCUT2D eigenvalue weighted by Crippen LogP contribution is 2.26. The van der Waals surface area contributed by atoms with Gasteiger partial charge >= 0.3 is 0 Å². The Balaban J connectivity index is 2.11. The first-order valence-corrected chi connectivity index (χ1v) is 7.70. The predicted molar refractivity (Wildman–Crippen MR) is 77.1 cm³/mol.